The molecular weight excluding hydrogens is 318 g/mol. The molecule has 0 aromatic heterocycles. The zero-order valence-electron chi connectivity index (χ0n) is 10.5. The summed E-state index contributed by atoms with van der Waals surface area (Å²) in [5.41, 5.74) is -0.0284. The maximum Gasteiger partial charge on any atom is 0.250 e. The molecule has 18 heavy (non-hydrogen) atoms. The number of Topliss-reactive ketones (excluding diaryl/α,β-unsaturated/α-hetero) is 1. The third-order valence-corrected chi connectivity index (χ3v) is 3.24. The van der Waals surface area contributed by atoms with Crippen LogP contribution in [0.2, 0.25) is 0 Å². The van der Waals surface area contributed by atoms with Crippen LogP contribution in [0.15, 0.2) is 28.7 Å². The number of nitrogens with one attached hydrogen (secondary N) is 1. The summed E-state index contributed by atoms with van der Waals surface area (Å²) in [6.07, 6.45) is 0. The Labute approximate surface area is 120 Å². The average molecular weight is 333 g/mol. The number of alkyl halides is 1. The van der Waals surface area contributed by atoms with Gasteiger partial charge in [0, 0.05) is 15.6 Å². The van der Waals surface area contributed by atoms with Gasteiger partial charge < -0.3 is 5.32 Å². The Balaban J connectivity index is 2.71. The maximum absolute atomic E-state index is 11.9. The van der Waals surface area contributed by atoms with Crippen molar-refractivity contribution in [3.05, 3.63) is 28.7 Å². The lowest BCUT2D eigenvalue weighted by molar-refractivity contribution is -0.130. The number of benzene rings is 1. The minimum absolute atomic E-state index is 0.293. The maximum atomic E-state index is 11.9. The molecule has 0 aliphatic rings. The molecule has 1 rings (SSSR count). The Kier molecular flexibility index (Phi) is 4.93. The van der Waals surface area contributed by atoms with Crippen molar-refractivity contribution in [2.45, 2.75) is 26.1 Å². The molecule has 5 heteroatoms. The van der Waals surface area contributed by atoms with Crippen molar-refractivity contribution >= 4 is 44.9 Å². The number of carbonyl (C=O) groups excluding carboxylic acids is 2. The fraction of sp³-hybridized carbons (Fsp3) is 0.385. The van der Waals surface area contributed by atoms with E-state index in [9.17, 15) is 9.59 Å². The first-order valence-electron chi connectivity index (χ1n) is 5.46. The van der Waals surface area contributed by atoms with Gasteiger partial charge in [0.25, 0.3) is 0 Å². The Bertz CT molecular complexity index is 451. The zero-order chi connectivity index (χ0) is 13.9. The summed E-state index contributed by atoms with van der Waals surface area (Å²) in [5, 5.41) is 1.44. The van der Waals surface area contributed by atoms with E-state index in [-0.39, 0.29) is 5.78 Å². The molecule has 0 fully saturated rings. The molecule has 0 heterocycles. The molecule has 0 aliphatic heterocycles. The summed E-state index contributed by atoms with van der Waals surface area (Å²) in [6.45, 7) is 5.20. The van der Waals surface area contributed by atoms with E-state index in [4.69, 9.17) is 11.6 Å². The second-order valence-corrected chi connectivity index (χ2v) is 6.33. The van der Waals surface area contributed by atoms with Crippen molar-refractivity contribution in [1.82, 2.24) is 0 Å². The van der Waals surface area contributed by atoms with E-state index in [0.717, 1.165) is 4.47 Å². The van der Waals surface area contributed by atoms with Crippen molar-refractivity contribution in [1.29, 1.82) is 0 Å². The summed E-state index contributed by atoms with van der Waals surface area (Å²) in [7, 11) is 0. The van der Waals surface area contributed by atoms with Crippen molar-refractivity contribution in [3.8, 4) is 0 Å². The molecule has 0 spiro atoms. The number of halogens is 2. The number of carbonyl (C=O) groups is 2. The molecule has 1 atom stereocenters. The molecule has 0 saturated heterocycles. The van der Waals surface area contributed by atoms with E-state index < -0.39 is 16.7 Å². The van der Waals surface area contributed by atoms with Gasteiger partial charge >= 0.3 is 0 Å². The molecule has 0 saturated carbocycles. The van der Waals surface area contributed by atoms with Crippen LogP contribution in [0.25, 0.3) is 0 Å². The van der Waals surface area contributed by atoms with Gasteiger partial charge in [-0.2, -0.15) is 0 Å². The van der Waals surface area contributed by atoms with Crippen LogP contribution < -0.4 is 5.32 Å². The topological polar surface area (TPSA) is 46.2 Å². The number of ketones is 1. The Morgan fingerprint density at radius 3 is 2.17 bits per heavy atom. The average Bonchev–Trinajstić information content (AvgIpc) is 2.29. The Morgan fingerprint density at radius 2 is 1.72 bits per heavy atom. The third kappa shape index (κ3) is 4.10. The number of rotatable bonds is 3. The van der Waals surface area contributed by atoms with Gasteiger partial charge in [-0.3, -0.25) is 9.59 Å². The summed E-state index contributed by atoms with van der Waals surface area (Å²) >= 11 is 9.17. The van der Waals surface area contributed by atoms with Crippen LogP contribution in [-0.4, -0.2) is 17.1 Å². The minimum Gasteiger partial charge on any atom is -0.324 e. The van der Waals surface area contributed by atoms with Gasteiger partial charge in [0.2, 0.25) is 5.91 Å². The summed E-state index contributed by atoms with van der Waals surface area (Å²) < 4.78 is 0.911. The monoisotopic (exact) mass is 331 g/mol. The number of anilines is 1. The number of amides is 1. The fourth-order valence-electron chi connectivity index (χ4n) is 1.24. The first kappa shape index (κ1) is 15.2. The van der Waals surface area contributed by atoms with Gasteiger partial charge in [-0.25, -0.2) is 0 Å². The Morgan fingerprint density at radius 1 is 1.22 bits per heavy atom. The van der Waals surface area contributed by atoms with Crippen molar-refractivity contribution in [2.24, 2.45) is 5.41 Å². The van der Waals surface area contributed by atoms with E-state index >= 15 is 0 Å². The molecule has 1 aromatic rings. The van der Waals surface area contributed by atoms with Crippen LogP contribution in [0.4, 0.5) is 5.69 Å². The highest BCUT2D eigenvalue weighted by Crippen LogP contribution is 2.21. The molecule has 0 radical (unpaired) electrons. The molecule has 1 unspecified atom stereocenters. The van der Waals surface area contributed by atoms with Crippen LogP contribution in [-0.2, 0) is 9.59 Å². The number of hydrogen-bond acceptors (Lipinski definition) is 2. The zero-order valence-corrected chi connectivity index (χ0v) is 12.8. The quantitative estimate of drug-likeness (QED) is 0.679. The van der Waals surface area contributed by atoms with Crippen molar-refractivity contribution in [2.75, 3.05) is 5.32 Å². The fourth-order valence-corrected chi connectivity index (χ4v) is 1.88. The largest absolute Gasteiger partial charge is 0.324 e. The van der Waals surface area contributed by atoms with E-state index in [2.05, 4.69) is 21.2 Å². The lowest BCUT2D eigenvalue weighted by Gasteiger charge is -2.19. The van der Waals surface area contributed by atoms with Gasteiger partial charge in [-0.05, 0) is 24.3 Å². The first-order valence-corrected chi connectivity index (χ1v) is 6.69. The van der Waals surface area contributed by atoms with E-state index in [1.54, 1.807) is 45.0 Å². The minimum atomic E-state index is -1.17. The lowest BCUT2D eigenvalue weighted by Crippen LogP contribution is -2.37. The standard InChI is InChI=1S/C13H15BrClNO2/c1-13(2,3)11(17)10(15)12(18)16-9-6-4-8(14)5-7-9/h4-7,10H,1-3H3,(H,16,18). The molecule has 0 aliphatic carbocycles. The first-order chi connectivity index (χ1) is 8.21. The molecule has 1 aromatic carbocycles. The van der Waals surface area contributed by atoms with Gasteiger partial charge in [-0.15, -0.1) is 11.6 Å². The van der Waals surface area contributed by atoms with Crippen LogP contribution in [0.1, 0.15) is 20.8 Å². The molecule has 1 N–H and O–H groups in total. The summed E-state index contributed by atoms with van der Waals surface area (Å²) in [4.78, 5) is 23.7. The summed E-state index contributed by atoms with van der Waals surface area (Å²) in [5.74, 6) is -0.794. The smallest absolute Gasteiger partial charge is 0.250 e. The van der Waals surface area contributed by atoms with Gasteiger partial charge in [0.1, 0.15) is 0 Å². The molecule has 3 nitrogen and oxygen atoms in total. The van der Waals surface area contributed by atoms with Gasteiger partial charge in [0.05, 0.1) is 0 Å². The second kappa shape index (κ2) is 5.85. The van der Waals surface area contributed by atoms with E-state index in [1.165, 1.54) is 0 Å². The number of hydrogen-bond donors (Lipinski definition) is 1. The SMILES string of the molecule is CC(C)(C)C(=O)C(Cl)C(=O)Nc1ccc(Br)cc1. The van der Waals surface area contributed by atoms with Crippen molar-refractivity contribution < 1.29 is 9.59 Å². The van der Waals surface area contributed by atoms with Crippen LogP contribution in [0, 0.1) is 5.41 Å². The summed E-state index contributed by atoms with van der Waals surface area (Å²) in [6, 6.07) is 7.05. The van der Waals surface area contributed by atoms with Crippen LogP contribution in [0.3, 0.4) is 0 Å². The van der Waals surface area contributed by atoms with Gasteiger partial charge in [-0.1, -0.05) is 36.7 Å². The normalized spacial score (nSPS) is 12.9. The highest BCUT2D eigenvalue weighted by molar-refractivity contribution is 9.10. The van der Waals surface area contributed by atoms with E-state index in [0.29, 0.717) is 5.69 Å². The molecule has 98 valence electrons. The predicted molar refractivity (Wildman–Crippen MR) is 76.9 cm³/mol. The molecule has 0 bridgehead atoms. The third-order valence-electron chi connectivity index (χ3n) is 2.31. The lowest BCUT2D eigenvalue weighted by atomic mass is 9.88. The van der Waals surface area contributed by atoms with Crippen LogP contribution >= 0.6 is 27.5 Å². The van der Waals surface area contributed by atoms with Gasteiger partial charge in [0.15, 0.2) is 11.2 Å². The predicted octanol–water partition coefficient (Wildman–Crippen LogP) is 3.61. The highest BCUT2D eigenvalue weighted by Gasteiger charge is 2.32. The van der Waals surface area contributed by atoms with E-state index in [1.807, 2.05) is 0 Å². The van der Waals surface area contributed by atoms with Crippen molar-refractivity contribution in [3.63, 3.8) is 0 Å². The molecule has 1 amide bonds. The second-order valence-electron chi connectivity index (χ2n) is 4.97. The Hall–Kier alpha value is -0.870. The molecular formula is C13H15BrClNO2. The highest BCUT2D eigenvalue weighted by atomic mass is 79.9. The van der Waals surface area contributed by atoms with Crippen LogP contribution in [0.5, 0.6) is 0 Å².